The van der Waals surface area contributed by atoms with Crippen LogP contribution >= 0.6 is 0 Å². The fourth-order valence-electron chi connectivity index (χ4n) is 4.76. The van der Waals surface area contributed by atoms with E-state index in [4.69, 9.17) is 10.00 Å². The number of cyclic esters (lactones) is 1. The molecule has 0 bridgehead atoms. The van der Waals surface area contributed by atoms with E-state index in [1.807, 2.05) is 18.2 Å². The summed E-state index contributed by atoms with van der Waals surface area (Å²) in [7, 11) is 0. The number of piperidine rings is 1. The van der Waals surface area contributed by atoms with Crippen molar-refractivity contribution < 1.29 is 19.4 Å². The molecule has 2 fully saturated rings. The Kier molecular flexibility index (Phi) is 6.72. The zero-order valence-corrected chi connectivity index (χ0v) is 17.9. The van der Waals surface area contributed by atoms with E-state index in [9.17, 15) is 14.7 Å². The number of carboxylic acid groups (broad SMARTS) is 1. The molecule has 32 heavy (non-hydrogen) atoms. The van der Waals surface area contributed by atoms with Crippen LogP contribution in [0.3, 0.4) is 0 Å². The molecule has 2 aromatic rings. The maximum Gasteiger partial charge on any atom is 0.414 e. The molecule has 2 aromatic carbocycles. The smallest absolute Gasteiger partial charge is 0.414 e. The SMILES string of the molecule is N#Cc1ccc(N2CC(CN3CCC(CC(=O)O)CC3Cc3ccccc3)OC2=O)cc1. The van der Waals surface area contributed by atoms with Crippen molar-refractivity contribution in [3.8, 4) is 6.07 Å². The highest BCUT2D eigenvalue weighted by Gasteiger charge is 2.37. The second-order valence-corrected chi connectivity index (χ2v) is 8.60. The van der Waals surface area contributed by atoms with Gasteiger partial charge >= 0.3 is 12.1 Å². The zero-order valence-electron chi connectivity index (χ0n) is 17.9. The monoisotopic (exact) mass is 433 g/mol. The highest BCUT2D eigenvalue weighted by molar-refractivity contribution is 5.89. The third-order valence-electron chi connectivity index (χ3n) is 6.34. The van der Waals surface area contributed by atoms with Crippen LogP contribution in [-0.2, 0) is 16.0 Å². The summed E-state index contributed by atoms with van der Waals surface area (Å²) in [5.41, 5.74) is 2.49. The topological polar surface area (TPSA) is 93.9 Å². The lowest BCUT2D eigenvalue weighted by atomic mass is 9.85. The van der Waals surface area contributed by atoms with Gasteiger partial charge in [0.15, 0.2) is 0 Å². The van der Waals surface area contributed by atoms with E-state index in [1.165, 1.54) is 5.56 Å². The standard InChI is InChI=1S/C25H27N3O4/c26-15-19-6-8-21(9-7-19)28-17-23(32-25(28)31)16-27-11-10-20(14-24(29)30)13-22(27)12-18-4-2-1-3-5-18/h1-9,20,22-23H,10-14,16-17H2,(H,29,30). The van der Waals surface area contributed by atoms with E-state index in [0.29, 0.717) is 18.7 Å². The quantitative estimate of drug-likeness (QED) is 0.716. The molecule has 3 unspecified atom stereocenters. The van der Waals surface area contributed by atoms with Crippen LogP contribution in [0.25, 0.3) is 0 Å². The minimum absolute atomic E-state index is 0.165. The second kappa shape index (κ2) is 9.84. The number of aliphatic carboxylic acids is 1. The number of nitrogens with zero attached hydrogens (tertiary/aromatic N) is 3. The molecule has 166 valence electrons. The summed E-state index contributed by atoms with van der Waals surface area (Å²) in [6.07, 6.45) is 2.06. The van der Waals surface area contributed by atoms with Crippen LogP contribution in [0.2, 0.25) is 0 Å². The molecule has 0 spiro atoms. The minimum Gasteiger partial charge on any atom is -0.481 e. The molecule has 2 saturated heterocycles. The average Bonchev–Trinajstić information content (AvgIpc) is 3.16. The van der Waals surface area contributed by atoms with Crippen molar-refractivity contribution in [3.63, 3.8) is 0 Å². The Hall–Kier alpha value is -3.37. The molecule has 1 amide bonds. The first-order valence-corrected chi connectivity index (χ1v) is 11.0. The molecule has 0 aliphatic carbocycles. The molecule has 7 nitrogen and oxygen atoms in total. The Bertz CT molecular complexity index is 986. The Morgan fingerprint density at radius 1 is 1.16 bits per heavy atom. The van der Waals surface area contributed by atoms with Crippen LogP contribution in [0.1, 0.15) is 30.4 Å². The number of rotatable bonds is 7. The molecule has 3 atom stereocenters. The van der Waals surface area contributed by atoms with E-state index in [1.54, 1.807) is 29.2 Å². The Labute approximate surface area is 187 Å². The molecule has 2 aliphatic heterocycles. The van der Waals surface area contributed by atoms with E-state index in [2.05, 4.69) is 23.1 Å². The molecular formula is C25H27N3O4. The lowest BCUT2D eigenvalue weighted by molar-refractivity contribution is -0.138. The summed E-state index contributed by atoms with van der Waals surface area (Å²) in [4.78, 5) is 27.7. The van der Waals surface area contributed by atoms with Gasteiger partial charge in [0, 0.05) is 24.7 Å². The number of likely N-dealkylation sites (tertiary alicyclic amines) is 1. The van der Waals surface area contributed by atoms with Gasteiger partial charge in [0.1, 0.15) is 6.10 Å². The van der Waals surface area contributed by atoms with E-state index in [0.717, 1.165) is 31.5 Å². The largest absolute Gasteiger partial charge is 0.481 e. The number of hydrogen-bond acceptors (Lipinski definition) is 5. The molecule has 2 heterocycles. The highest BCUT2D eigenvalue weighted by Crippen LogP contribution is 2.30. The van der Waals surface area contributed by atoms with Crippen LogP contribution in [0.4, 0.5) is 10.5 Å². The number of nitriles is 1. The molecule has 0 saturated carbocycles. The van der Waals surface area contributed by atoms with Gasteiger partial charge < -0.3 is 9.84 Å². The van der Waals surface area contributed by atoms with Gasteiger partial charge in [-0.3, -0.25) is 14.6 Å². The van der Waals surface area contributed by atoms with Gasteiger partial charge in [-0.25, -0.2) is 4.79 Å². The number of ether oxygens (including phenoxy) is 1. The van der Waals surface area contributed by atoms with Gasteiger partial charge in [-0.15, -0.1) is 0 Å². The van der Waals surface area contributed by atoms with Crippen molar-refractivity contribution in [2.24, 2.45) is 5.92 Å². The lowest BCUT2D eigenvalue weighted by Gasteiger charge is -2.40. The first kappa shape index (κ1) is 21.8. The molecule has 1 N–H and O–H groups in total. The van der Waals surface area contributed by atoms with Crippen molar-refractivity contribution in [3.05, 3.63) is 65.7 Å². The van der Waals surface area contributed by atoms with Gasteiger partial charge in [-0.2, -0.15) is 5.26 Å². The average molecular weight is 434 g/mol. The molecule has 7 heteroatoms. The van der Waals surface area contributed by atoms with Gasteiger partial charge in [0.05, 0.1) is 18.2 Å². The fourth-order valence-corrected chi connectivity index (χ4v) is 4.76. The summed E-state index contributed by atoms with van der Waals surface area (Å²) < 4.78 is 5.66. The van der Waals surface area contributed by atoms with Crippen molar-refractivity contribution in [1.29, 1.82) is 5.26 Å². The third kappa shape index (κ3) is 5.27. The number of amides is 1. The molecule has 0 radical (unpaired) electrons. The summed E-state index contributed by atoms with van der Waals surface area (Å²) in [6.45, 7) is 1.87. The fraction of sp³-hybridized carbons (Fsp3) is 0.400. The summed E-state index contributed by atoms with van der Waals surface area (Å²) >= 11 is 0. The number of benzene rings is 2. The predicted octanol–water partition coefficient (Wildman–Crippen LogP) is 3.68. The Morgan fingerprint density at radius 3 is 2.59 bits per heavy atom. The van der Waals surface area contributed by atoms with Gasteiger partial charge in [-0.1, -0.05) is 30.3 Å². The van der Waals surface area contributed by atoms with E-state index >= 15 is 0 Å². The van der Waals surface area contributed by atoms with Crippen LogP contribution in [0.5, 0.6) is 0 Å². The normalized spacial score (nSPS) is 23.5. The summed E-state index contributed by atoms with van der Waals surface area (Å²) in [5, 5.41) is 18.2. The van der Waals surface area contributed by atoms with Crippen molar-refractivity contribution in [2.45, 2.75) is 37.8 Å². The first-order chi connectivity index (χ1) is 15.5. The minimum atomic E-state index is -0.746. The van der Waals surface area contributed by atoms with E-state index in [-0.39, 0.29) is 30.6 Å². The first-order valence-electron chi connectivity index (χ1n) is 11.0. The number of carbonyl (C=O) groups excluding carboxylic acids is 1. The van der Waals surface area contributed by atoms with Crippen molar-refractivity contribution >= 4 is 17.7 Å². The molecular weight excluding hydrogens is 406 g/mol. The van der Waals surface area contributed by atoms with Crippen LogP contribution in [-0.4, -0.2) is 53.8 Å². The van der Waals surface area contributed by atoms with Crippen molar-refractivity contribution in [2.75, 3.05) is 24.5 Å². The number of anilines is 1. The highest BCUT2D eigenvalue weighted by atomic mass is 16.6. The number of carboxylic acids is 1. The van der Waals surface area contributed by atoms with Gasteiger partial charge in [0.2, 0.25) is 0 Å². The predicted molar refractivity (Wildman–Crippen MR) is 119 cm³/mol. The second-order valence-electron chi connectivity index (χ2n) is 8.60. The summed E-state index contributed by atoms with van der Waals surface area (Å²) in [6, 6.07) is 19.4. The summed E-state index contributed by atoms with van der Waals surface area (Å²) in [5.74, 6) is -0.580. The third-order valence-corrected chi connectivity index (χ3v) is 6.34. The molecule has 2 aliphatic rings. The van der Waals surface area contributed by atoms with Crippen LogP contribution < -0.4 is 4.90 Å². The molecule has 0 aromatic heterocycles. The van der Waals surface area contributed by atoms with Gasteiger partial charge in [0.25, 0.3) is 0 Å². The van der Waals surface area contributed by atoms with Crippen LogP contribution in [0, 0.1) is 17.2 Å². The molecule has 4 rings (SSSR count). The maximum absolute atomic E-state index is 12.5. The zero-order chi connectivity index (χ0) is 22.5. The number of hydrogen-bond donors (Lipinski definition) is 1. The number of carbonyl (C=O) groups is 2. The maximum atomic E-state index is 12.5. The van der Waals surface area contributed by atoms with Crippen LogP contribution in [0.15, 0.2) is 54.6 Å². The Balaban J connectivity index is 1.43. The Morgan fingerprint density at radius 2 is 1.91 bits per heavy atom. The van der Waals surface area contributed by atoms with Crippen molar-refractivity contribution in [1.82, 2.24) is 4.90 Å². The van der Waals surface area contributed by atoms with Gasteiger partial charge in [-0.05, 0) is 61.6 Å². The van der Waals surface area contributed by atoms with E-state index < -0.39 is 5.97 Å². The lowest BCUT2D eigenvalue weighted by Crippen LogP contribution is -2.48.